The van der Waals surface area contributed by atoms with Gasteiger partial charge in [0.25, 0.3) is 5.24 Å². The highest BCUT2D eigenvalue weighted by Gasteiger charge is 2.29. The number of nitrogens with zero attached hydrogens (tertiary/aromatic N) is 1. The van der Waals surface area contributed by atoms with Crippen molar-refractivity contribution in [2.45, 2.75) is 0 Å². The van der Waals surface area contributed by atoms with Gasteiger partial charge in [0, 0.05) is 17.0 Å². The molecule has 4 heteroatoms. The van der Waals surface area contributed by atoms with Crippen LogP contribution in [0.15, 0.2) is 60.7 Å². The van der Waals surface area contributed by atoms with Gasteiger partial charge in [0.15, 0.2) is 0 Å². The maximum absolute atomic E-state index is 11.6. The number of aryl methyl sites for hydroxylation is 1. The van der Waals surface area contributed by atoms with Gasteiger partial charge in [-0.25, -0.2) is 0 Å². The Hall–Kier alpha value is -2.91. The Morgan fingerprint density at radius 3 is 2.60 bits per heavy atom. The molecule has 2 heterocycles. The first kappa shape index (κ1) is 14.4. The van der Waals surface area contributed by atoms with Crippen LogP contribution in [0, 0.1) is 0 Å². The minimum atomic E-state index is -0.451. The highest BCUT2D eigenvalue weighted by Crippen LogP contribution is 2.46. The fourth-order valence-electron chi connectivity index (χ4n) is 3.72. The summed E-state index contributed by atoms with van der Waals surface area (Å²) in [5, 5.41) is 2.80. The number of benzene rings is 3. The number of hydrogen-bond donors (Lipinski definition) is 0. The van der Waals surface area contributed by atoms with Crippen LogP contribution in [-0.4, -0.2) is 5.24 Å². The van der Waals surface area contributed by atoms with E-state index in [4.69, 9.17) is 16.3 Å². The third-order valence-electron chi connectivity index (χ3n) is 4.84. The van der Waals surface area contributed by atoms with Crippen LogP contribution in [0.25, 0.3) is 32.9 Å². The van der Waals surface area contributed by atoms with Gasteiger partial charge in [0.2, 0.25) is 11.2 Å². The molecule has 0 fully saturated rings. The lowest BCUT2D eigenvalue weighted by Gasteiger charge is -2.20. The van der Waals surface area contributed by atoms with E-state index in [9.17, 15) is 4.79 Å². The van der Waals surface area contributed by atoms with E-state index in [1.165, 1.54) is 0 Å². The smallest absolute Gasteiger partial charge is 0.252 e. The predicted octanol–water partition coefficient (Wildman–Crippen LogP) is 4.97. The first-order valence-electron chi connectivity index (χ1n) is 8.01. The monoisotopic (exact) mass is 346 g/mol. The molecule has 25 heavy (non-hydrogen) atoms. The van der Waals surface area contributed by atoms with E-state index >= 15 is 0 Å². The number of rotatable bonds is 1. The van der Waals surface area contributed by atoms with Crippen molar-refractivity contribution in [3.8, 4) is 22.8 Å². The fourth-order valence-corrected chi connectivity index (χ4v) is 3.83. The van der Waals surface area contributed by atoms with E-state index in [2.05, 4.69) is 16.7 Å². The van der Waals surface area contributed by atoms with Gasteiger partial charge in [-0.1, -0.05) is 24.3 Å². The first-order chi connectivity index (χ1) is 12.1. The zero-order chi connectivity index (χ0) is 17.1. The molecule has 0 spiro atoms. The van der Waals surface area contributed by atoms with Crippen molar-refractivity contribution in [1.29, 1.82) is 0 Å². The average Bonchev–Trinajstić information content (AvgIpc) is 2.64. The molecule has 0 saturated carbocycles. The van der Waals surface area contributed by atoms with Gasteiger partial charge in [-0.3, -0.25) is 4.79 Å². The van der Waals surface area contributed by atoms with Crippen LogP contribution < -0.4 is 9.30 Å². The molecule has 0 aliphatic carbocycles. The Morgan fingerprint density at radius 1 is 0.960 bits per heavy atom. The molecule has 0 atom stereocenters. The molecule has 1 aliphatic heterocycles. The summed E-state index contributed by atoms with van der Waals surface area (Å²) in [6.07, 6.45) is 0. The van der Waals surface area contributed by atoms with Crippen LogP contribution in [0.5, 0.6) is 11.5 Å². The highest BCUT2D eigenvalue weighted by atomic mass is 35.5. The van der Waals surface area contributed by atoms with Crippen LogP contribution in [0.3, 0.4) is 0 Å². The van der Waals surface area contributed by atoms with Crippen molar-refractivity contribution in [2.75, 3.05) is 0 Å². The van der Waals surface area contributed by atoms with Crippen LogP contribution in [-0.2, 0) is 7.05 Å². The van der Waals surface area contributed by atoms with E-state index in [1.807, 2.05) is 49.5 Å². The summed E-state index contributed by atoms with van der Waals surface area (Å²) >= 11 is 5.70. The van der Waals surface area contributed by atoms with E-state index < -0.39 is 5.24 Å². The number of carbonyl (C=O) groups excluding carboxylic acids is 1. The lowest BCUT2D eigenvalue weighted by atomic mass is 9.95. The summed E-state index contributed by atoms with van der Waals surface area (Å²) in [5.41, 5.74) is 3.58. The Kier molecular flexibility index (Phi) is 2.91. The molecule has 0 unspecified atom stereocenters. The van der Waals surface area contributed by atoms with Crippen molar-refractivity contribution < 1.29 is 14.1 Å². The van der Waals surface area contributed by atoms with Crippen molar-refractivity contribution in [3.63, 3.8) is 0 Å². The normalized spacial score (nSPS) is 12.1. The Bertz CT molecular complexity index is 1210. The SMILES string of the molecule is C[n+]1c2c3c(cccc3c3ccc(C(=O)Cl)cc31)Oc1ccccc1-2. The summed E-state index contributed by atoms with van der Waals surface area (Å²) in [6.45, 7) is 0. The van der Waals surface area contributed by atoms with Gasteiger partial charge in [-0.15, -0.1) is 0 Å². The van der Waals surface area contributed by atoms with E-state index in [0.717, 1.165) is 44.4 Å². The second-order valence-corrected chi connectivity index (χ2v) is 6.53. The molecular formula is C21H13ClNO2+. The maximum Gasteiger partial charge on any atom is 0.252 e. The van der Waals surface area contributed by atoms with Gasteiger partial charge in [0.05, 0.1) is 16.3 Å². The van der Waals surface area contributed by atoms with Gasteiger partial charge in [-0.2, -0.15) is 4.57 Å². The Balaban J connectivity index is 2.03. The van der Waals surface area contributed by atoms with E-state index in [1.54, 1.807) is 6.07 Å². The van der Waals surface area contributed by atoms with Crippen LogP contribution >= 0.6 is 11.6 Å². The number of ether oxygens (including phenoxy) is 1. The predicted molar refractivity (Wildman–Crippen MR) is 98.3 cm³/mol. The number of halogens is 1. The number of para-hydroxylation sites is 1. The van der Waals surface area contributed by atoms with Crippen molar-refractivity contribution in [1.82, 2.24) is 0 Å². The number of carbonyl (C=O) groups is 1. The summed E-state index contributed by atoms with van der Waals surface area (Å²) in [6, 6.07) is 19.6. The number of aromatic nitrogens is 1. The lowest BCUT2D eigenvalue weighted by molar-refractivity contribution is -0.632. The van der Waals surface area contributed by atoms with Gasteiger partial charge in [0.1, 0.15) is 18.5 Å². The third-order valence-corrected chi connectivity index (χ3v) is 5.05. The molecule has 3 aromatic carbocycles. The zero-order valence-corrected chi connectivity index (χ0v) is 14.2. The Morgan fingerprint density at radius 2 is 1.76 bits per heavy atom. The third kappa shape index (κ3) is 1.93. The number of hydrogen-bond acceptors (Lipinski definition) is 2. The van der Waals surface area contributed by atoms with Gasteiger partial charge in [-0.05, 0) is 41.9 Å². The first-order valence-corrected chi connectivity index (χ1v) is 8.38. The van der Waals surface area contributed by atoms with Crippen molar-refractivity contribution in [3.05, 3.63) is 66.2 Å². The van der Waals surface area contributed by atoms with E-state index in [-0.39, 0.29) is 0 Å². The Labute approximate surface area is 149 Å². The molecule has 3 nitrogen and oxygen atoms in total. The summed E-state index contributed by atoms with van der Waals surface area (Å²) < 4.78 is 8.24. The number of fused-ring (bicyclic) bond motifs is 4. The van der Waals surface area contributed by atoms with E-state index in [0.29, 0.717) is 5.56 Å². The molecule has 120 valence electrons. The molecule has 5 rings (SSSR count). The topological polar surface area (TPSA) is 30.2 Å². The van der Waals surface area contributed by atoms with Crippen molar-refractivity contribution >= 4 is 38.5 Å². The van der Waals surface area contributed by atoms with Crippen LogP contribution in [0.4, 0.5) is 0 Å². The minimum Gasteiger partial charge on any atom is -0.456 e. The molecule has 1 aromatic heterocycles. The molecule has 0 radical (unpaired) electrons. The maximum atomic E-state index is 11.6. The fraction of sp³-hybridized carbons (Fsp3) is 0.0476. The average molecular weight is 347 g/mol. The zero-order valence-electron chi connectivity index (χ0n) is 13.4. The van der Waals surface area contributed by atoms with Gasteiger partial charge >= 0.3 is 0 Å². The summed E-state index contributed by atoms with van der Waals surface area (Å²) in [7, 11) is 2.01. The van der Waals surface area contributed by atoms with Crippen LogP contribution in [0.1, 0.15) is 10.4 Å². The molecule has 4 aromatic rings. The number of pyridine rings is 1. The van der Waals surface area contributed by atoms with Crippen molar-refractivity contribution in [2.24, 2.45) is 7.05 Å². The highest BCUT2D eigenvalue weighted by molar-refractivity contribution is 6.67. The molecular weight excluding hydrogens is 334 g/mol. The molecule has 0 bridgehead atoms. The van der Waals surface area contributed by atoms with Gasteiger partial charge < -0.3 is 4.74 Å². The second kappa shape index (κ2) is 5.04. The lowest BCUT2D eigenvalue weighted by Crippen LogP contribution is -2.33. The summed E-state index contributed by atoms with van der Waals surface area (Å²) in [5.74, 6) is 1.68. The molecule has 1 aliphatic rings. The summed E-state index contributed by atoms with van der Waals surface area (Å²) in [4.78, 5) is 11.6. The second-order valence-electron chi connectivity index (χ2n) is 6.19. The molecule has 0 saturated heterocycles. The molecule has 0 amide bonds. The van der Waals surface area contributed by atoms with Crippen LogP contribution in [0.2, 0.25) is 0 Å². The minimum absolute atomic E-state index is 0.451. The molecule has 0 N–H and O–H groups in total. The standard InChI is InChI=1S/C21H13ClNO2/c1-23-16-11-12(21(22)24)9-10-13(16)14-6-4-8-18-19(14)20(23)15-5-2-3-7-17(15)25-18/h2-11H,1H3/q+1. The quantitative estimate of drug-likeness (QED) is 0.244. The largest absolute Gasteiger partial charge is 0.456 e.